The zero-order valence-corrected chi connectivity index (χ0v) is 12.5. The topological polar surface area (TPSA) is 32.3 Å². The van der Waals surface area contributed by atoms with Crippen molar-refractivity contribution in [3.05, 3.63) is 0 Å². The number of rotatable bonds is 1. The molecule has 0 aromatic rings. The maximum Gasteiger partial charge on any atom is 0.242 e. The number of likely N-dealkylation sites (tertiary alicyclic amines) is 1. The van der Waals surface area contributed by atoms with E-state index in [0.717, 1.165) is 37.8 Å². The molecule has 0 radical (unpaired) electrons. The molecule has 3 aliphatic rings. The van der Waals surface area contributed by atoms with E-state index in [1.807, 2.05) is 0 Å². The van der Waals surface area contributed by atoms with Gasteiger partial charge < -0.3 is 10.2 Å². The lowest BCUT2D eigenvalue weighted by atomic mass is 9.72. The van der Waals surface area contributed by atoms with Gasteiger partial charge in [-0.05, 0) is 57.4 Å². The van der Waals surface area contributed by atoms with Crippen LogP contribution in [0.4, 0.5) is 0 Å². The summed E-state index contributed by atoms with van der Waals surface area (Å²) in [6.45, 7) is 6.48. The van der Waals surface area contributed by atoms with E-state index < -0.39 is 0 Å². The maximum absolute atomic E-state index is 12.9. The third kappa shape index (κ3) is 2.31. The molecule has 0 bridgehead atoms. The van der Waals surface area contributed by atoms with Gasteiger partial charge in [-0.25, -0.2) is 0 Å². The van der Waals surface area contributed by atoms with Gasteiger partial charge in [0.1, 0.15) is 0 Å². The number of nitrogens with zero attached hydrogens (tertiary/aromatic N) is 1. The van der Waals surface area contributed by atoms with Crippen molar-refractivity contribution >= 4 is 5.91 Å². The second-order valence-corrected chi connectivity index (χ2v) is 7.14. The van der Waals surface area contributed by atoms with Crippen LogP contribution in [0.25, 0.3) is 0 Å². The highest BCUT2D eigenvalue weighted by atomic mass is 16.2. The molecular weight excluding hydrogens is 236 g/mol. The Bertz CT molecular complexity index is 349. The molecule has 108 valence electrons. The summed E-state index contributed by atoms with van der Waals surface area (Å²) in [6, 6.07) is 0.532. The summed E-state index contributed by atoms with van der Waals surface area (Å²) in [4.78, 5) is 15.2. The third-order valence-electron chi connectivity index (χ3n) is 5.84. The third-order valence-corrected chi connectivity index (χ3v) is 5.84. The first-order chi connectivity index (χ1) is 9.12. The highest BCUT2D eigenvalue weighted by molar-refractivity contribution is 5.86. The van der Waals surface area contributed by atoms with Crippen molar-refractivity contribution in [2.45, 2.75) is 70.4 Å². The van der Waals surface area contributed by atoms with Crippen LogP contribution in [0.1, 0.15) is 58.8 Å². The molecule has 4 atom stereocenters. The van der Waals surface area contributed by atoms with Gasteiger partial charge in [0.05, 0.1) is 5.54 Å². The van der Waals surface area contributed by atoms with Crippen molar-refractivity contribution < 1.29 is 4.79 Å². The van der Waals surface area contributed by atoms with Gasteiger partial charge in [0, 0.05) is 12.6 Å². The van der Waals surface area contributed by atoms with Gasteiger partial charge >= 0.3 is 0 Å². The fourth-order valence-corrected chi connectivity index (χ4v) is 4.56. The first-order valence-electron chi connectivity index (χ1n) is 8.18. The Morgan fingerprint density at radius 3 is 2.74 bits per heavy atom. The first kappa shape index (κ1) is 13.4. The largest absolute Gasteiger partial charge is 0.338 e. The highest BCUT2D eigenvalue weighted by Gasteiger charge is 2.45. The van der Waals surface area contributed by atoms with Crippen molar-refractivity contribution in [1.29, 1.82) is 0 Å². The Labute approximate surface area is 117 Å². The predicted molar refractivity (Wildman–Crippen MR) is 76.9 cm³/mol. The molecular formula is C16H28N2O. The van der Waals surface area contributed by atoms with Crippen LogP contribution in [0.15, 0.2) is 0 Å². The minimum absolute atomic E-state index is 0.275. The number of piperidine rings is 1. The summed E-state index contributed by atoms with van der Waals surface area (Å²) in [5.41, 5.74) is -0.275. The average Bonchev–Trinajstić information content (AvgIpc) is 2.87. The summed E-state index contributed by atoms with van der Waals surface area (Å²) in [7, 11) is 0. The Kier molecular flexibility index (Phi) is 3.59. The van der Waals surface area contributed by atoms with Gasteiger partial charge in [0.15, 0.2) is 0 Å². The van der Waals surface area contributed by atoms with Gasteiger partial charge in [-0.3, -0.25) is 4.79 Å². The molecule has 0 spiro atoms. The van der Waals surface area contributed by atoms with Gasteiger partial charge in [-0.2, -0.15) is 0 Å². The van der Waals surface area contributed by atoms with Crippen LogP contribution in [0.2, 0.25) is 0 Å². The van der Waals surface area contributed by atoms with E-state index in [0.29, 0.717) is 11.9 Å². The van der Waals surface area contributed by atoms with E-state index in [-0.39, 0.29) is 5.54 Å². The molecule has 1 amide bonds. The number of hydrogen-bond acceptors (Lipinski definition) is 2. The van der Waals surface area contributed by atoms with Crippen LogP contribution < -0.4 is 5.32 Å². The average molecular weight is 264 g/mol. The van der Waals surface area contributed by atoms with Crippen LogP contribution in [0, 0.1) is 11.8 Å². The van der Waals surface area contributed by atoms with E-state index >= 15 is 0 Å². The molecule has 0 aromatic carbocycles. The Hall–Kier alpha value is -0.570. The number of fused-ring (bicyclic) bond motifs is 1. The lowest BCUT2D eigenvalue weighted by Gasteiger charge is -2.49. The minimum Gasteiger partial charge on any atom is -0.338 e. The zero-order chi connectivity index (χ0) is 13.5. The number of nitrogens with one attached hydrogen (secondary N) is 1. The summed E-state index contributed by atoms with van der Waals surface area (Å²) in [5.74, 6) is 1.95. The van der Waals surface area contributed by atoms with Crippen LogP contribution >= 0.6 is 0 Å². The maximum atomic E-state index is 12.9. The molecule has 2 saturated heterocycles. The lowest BCUT2D eigenvalue weighted by molar-refractivity contribution is -0.145. The quantitative estimate of drug-likeness (QED) is 0.789. The van der Waals surface area contributed by atoms with E-state index in [2.05, 4.69) is 24.1 Å². The lowest BCUT2D eigenvalue weighted by Crippen LogP contribution is -2.60. The summed E-state index contributed by atoms with van der Waals surface area (Å²) >= 11 is 0. The van der Waals surface area contributed by atoms with Crippen molar-refractivity contribution in [3.8, 4) is 0 Å². The van der Waals surface area contributed by atoms with Crippen molar-refractivity contribution in [3.63, 3.8) is 0 Å². The molecule has 3 heteroatoms. The van der Waals surface area contributed by atoms with E-state index in [1.165, 1.54) is 32.1 Å². The highest BCUT2D eigenvalue weighted by Crippen LogP contribution is 2.40. The molecule has 1 saturated carbocycles. The summed E-state index contributed by atoms with van der Waals surface area (Å²) < 4.78 is 0. The molecule has 2 heterocycles. The van der Waals surface area contributed by atoms with E-state index in [1.54, 1.807) is 0 Å². The zero-order valence-electron chi connectivity index (χ0n) is 12.5. The van der Waals surface area contributed by atoms with Crippen molar-refractivity contribution in [1.82, 2.24) is 10.2 Å². The number of carbonyl (C=O) groups is 1. The van der Waals surface area contributed by atoms with Crippen molar-refractivity contribution in [2.75, 3.05) is 13.1 Å². The van der Waals surface area contributed by atoms with Gasteiger partial charge in [-0.1, -0.05) is 19.8 Å². The van der Waals surface area contributed by atoms with Gasteiger partial charge in [0.2, 0.25) is 5.91 Å². The Morgan fingerprint density at radius 2 is 2.00 bits per heavy atom. The molecule has 19 heavy (non-hydrogen) atoms. The molecule has 0 aromatic heterocycles. The van der Waals surface area contributed by atoms with E-state index in [9.17, 15) is 4.79 Å². The molecule has 1 N–H and O–H groups in total. The molecule has 4 unspecified atom stereocenters. The van der Waals surface area contributed by atoms with Crippen molar-refractivity contribution in [2.24, 2.45) is 11.8 Å². The second-order valence-electron chi connectivity index (χ2n) is 7.14. The Balaban J connectivity index is 1.77. The Morgan fingerprint density at radius 1 is 1.21 bits per heavy atom. The van der Waals surface area contributed by atoms with E-state index in [4.69, 9.17) is 0 Å². The number of carbonyl (C=O) groups excluding carboxylic acids is 1. The predicted octanol–water partition coefficient (Wildman–Crippen LogP) is 2.56. The second kappa shape index (κ2) is 5.08. The monoisotopic (exact) mass is 264 g/mol. The number of amides is 1. The normalized spacial score (nSPS) is 43.1. The summed E-state index contributed by atoms with van der Waals surface area (Å²) in [6.07, 6.45) is 8.58. The smallest absolute Gasteiger partial charge is 0.242 e. The minimum atomic E-state index is -0.275. The van der Waals surface area contributed by atoms with Gasteiger partial charge in [-0.15, -0.1) is 0 Å². The first-order valence-corrected chi connectivity index (χ1v) is 8.18. The standard InChI is InChI=1S/C16H28N2O/c1-12-8-11-18(14-7-4-3-6-13(12)14)15(19)16(2)9-5-10-17-16/h12-14,17H,3-11H2,1-2H3. The SMILES string of the molecule is CC1CCN(C(=O)C2(C)CCCN2)C2CCCCC12. The van der Waals surface area contributed by atoms with Gasteiger partial charge in [0.25, 0.3) is 0 Å². The fraction of sp³-hybridized carbons (Fsp3) is 0.938. The van der Waals surface area contributed by atoms with Crippen LogP contribution in [0.3, 0.4) is 0 Å². The fourth-order valence-electron chi connectivity index (χ4n) is 4.56. The molecule has 1 aliphatic carbocycles. The van der Waals surface area contributed by atoms with Crippen LogP contribution in [0.5, 0.6) is 0 Å². The molecule has 3 nitrogen and oxygen atoms in total. The summed E-state index contributed by atoms with van der Waals surface area (Å²) in [5, 5.41) is 3.45. The van der Waals surface area contributed by atoms with Crippen LogP contribution in [-0.4, -0.2) is 35.5 Å². The van der Waals surface area contributed by atoms with Crippen LogP contribution in [-0.2, 0) is 4.79 Å². The molecule has 3 fully saturated rings. The molecule has 3 rings (SSSR count). The molecule has 2 aliphatic heterocycles. The number of hydrogen-bond donors (Lipinski definition) is 1.